The summed E-state index contributed by atoms with van der Waals surface area (Å²) in [7, 11) is 0. The van der Waals surface area contributed by atoms with Gasteiger partial charge >= 0.3 is 0 Å². The molecule has 1 unspecified atom stereocenters. The largest absolute Gasteiger partial charge is 0.388 e. The molecule has 0 saturated carbocycles. The lowest BCUT2D eigenvalue weighted by molar-refractivity contribution is 0.169. The van der Waals surface area contributed by atoms with Crippen molar-refractivity contribution in [3.63, 3.8) is 0 Å². The van der Waals surface area contributed by atoms with E-state index in [1.165, 1.54) is 0 Å². The number of nitrogens with zero attached hydrogens (tertiary/aromatic N) is 2. The summed E-state index contributed by atoms with van der Waals surface area (Å²) in [6.45, 7) is 2.93. The van der Waals surface area contributed by atoms with Gasteiger partial charge in [0.1, 0.15) is 11.6 Å². The number of benzene rings is 1. The van der Waals surface area contributed by atoms with Gasteiger partial charge in [-0.3, -0.25) is 0 Å². The Morgan fingerprint density at radius 1 is 1.47 bits per heavy atom. The maximum atomic E-state index is 13.9. The summed E-state index contributed by atoms with van der Waals surface area (Å²) >= 11 is 3.12. The number of imidazole rings is 1. The first-order valence-electron chi connectivity index (χ1n) is 6.25. The Hall–Kier alpha value is -1.20. The van der Waals surface area contributed by atoms with Crippen molar-refractivity contribution in [2.45, 2.75) is 32.4 Å². The molecule has 0 aliphatic heterocycles. The fourth-order valence-electron chi connectivity index (χ4n) is 2.04. The van der Waals surface area contributed by atoms with Crippen LogP contribution in [-0.4, -0.2) is 14.7 Å². The second kappa shape index (κ2) is 6.30. The van der Waals surface area contributed by atoms with Crippen LogP contribution in [-0.2, 0) is 13.0 Å². The number of aryl methyl sites for hydroxylation is 1. The van der Waals surface area contributed by atoms with Crippen LogP contribution >= 0.6 is 15.9 Å². The molecule has 0 fully saturated rings. The van der Waals surface area contributed by atoms with Crippen LogP contribution in [0.25, 0.3) is 0 Å². The molecule has 0 bridgehead atoms. The Kier molecular flexibility index (Phi) is 4.71. The van der Waals surface area contributed by atoms with Gasteiger partial charge in [0.05, 0.1) is 10.6 Å². The summed E-state index contributed by atoms with van der Waals surface area (Å²) in [6.07, 6.45) is 3.98. The number of hydrogen-bond acceptors (Lipinski definition) is 2. The van der Waals surface area contributed by atoms with E-state index in [9.17, 15) is 9.50 Å². The maximum absolute atomic E-state index is 13.9. The van der Waals surface area contributed by atoms with Crippen LogP contribution in [0.1, 0.15) is 30.8 Å². The molecule has 2 rings (SSSR count). The number of halogens is 2. The van der Waals surface area contributed by atoms with Gasteiger partial charge in [-0.05, 0) is 28.4 Å². The van der Waals surface area contributed by atoms with E-state index in [4.69, 9.17) is 0 Å². The average molecular weight is 327 g/mol. The molecule has 0 aliphatic rings. The molecule has 102 valence electrons. The lowest BCUT2D eigenvalue weighted by atomic mass is 10.1. The molecule has 3 nitrogen and oxygen atoms in total. The van der Waals surface area contributed by atoms with Crippen LogP contribution in [0.2, 0.25) is 0 Å². The highest BCUT2D eigenvalue weighted by molar-refractivity contribution is 9.10. The minimum Gasteiger partial charge on any atom is -0.388 e. The van der Waals surface area contributed by atoms with Crippen LogP contribution < -0.4 is 0 Å². The average Bonchev–Trinajstić information content (AvgIpc) is 2.80. The van der Waals surface area contributed by atoms with E-state index < -0.39 is 11.9 Å². The van der Waals surface area contributed by atoms with Crippen molar-refractivity contribution in [1.29, 1.82) is 0 Å². The van der Waals surface area contributed by atoms with Crippen LogP contribution in [0.4, 0.5) is 4.39 Å². The zero-order valence-corrected chi connectivity index (χ0v) is 12.3. The Bertz CT molecular complexity index is 556. The lowest BCUT2D eigenvalue weighted by Gasteiger charge is -2.13. The molecule has 1 aromatic heterocycles. The van der Waals surface area contributed by atoms with Crippen molar-refractivity contribution in [2.75, 3.05) is 0 Å². The van der Waals surface area contributed by atoms with Gasteiger partial charge in [-0.25, -0.2) is 9.37 Å². The van der Waals surface area contributed by atoms with Crippen LogP contribution in [0.15, 0.2) is 35.1 Å². The number of rotatable bonds is 5. The Labute approximate surface area is 120 Å². The van der Waals surface area contributed by atoms with Gasteiger partial charge in [0.15, 0.2) is 0 Å². The molecule has 0 spiro atoms. The minimum atomic E-state index is -0.893. The highest BCUT2D eigenvalue weighted by Crippen LogP contribution is 2.25. The molecular formula is C14H16BrFN2O. The molecule has 1 atom stereocenters. The van der Waals surface area contributed by atoms with Gasteiger partial charge in [-0.15, -0.1) is 0 Å². The van der Waals surface area contributed by atoms with Crippen molar-refractivity contribution >= 4 is 15.9 Å². The highest BCUT2D eigenvalue weighted by Gasteiger charge is 2.17. The summed E-state index contributed by atoms with van der Waals surface area (Å²) in [4.78, 5) is 4.22. The highest BCUT2D eigenvalue weighted by atomic mass is 79.9. The minimum absolute atomic E-state index is 0.292. The normalized spacial score (nSPS) is 12.6. The third kappa shape index (κ3) is 3.22. The summed E-state index contributed by atoms with van der Waals surface area (Å²) in [5.74, 6) is 0.359. The first-order chi connectivity index (χ1) is 9.13. The molecule has 1 heterocycles. The quantitative estimate of drug-likeness (QED) is 0.913. The maximum Gasteiger partial charge on any atom is 0.143 e. The van der Waals surface area contributed by atoms with Gasteiger partial charge in [-0.2, -0.15) is 0 Å². The molecule has 0 amide bonds. The van der Waals surface area contributed by atoms with Gasteiger partial charge < -0.3 is 9.67 Å². The first-order valence-corrected chi connectivity index (χ1v) is 7.04. The predicted molar refractivity (Wildman–Crippen MR) is 75.3 cm³/mol. The zero-order valence-electron chi connectivity index (χ0n) is 10.7. The smallest absolute Gasteiger partial charge is 0.143 e. The predicted octanol–water partition coefficient (Wildman–Crippen LogP) is 3.47. The first kappa shape index (κ1) is 14.2. The van der Waals surface area contributed by atoms with E-state index >= 15 is 0 Å². The monoisotopic (exact) mass is 326 g/mol. The van der Waals surface area contributed by atoms with Crippen LogP contribution in [0.5, 0.6) is 0 Å². The molecule has 1 aromatic carbocycles. The van der Waals surface area contributed by atoms with Gasteiger partial charge in [0.2, 0.25) is 0 Å². The summed E-state index contributed by atoms with van der Waals surface area (Å²) in [6, 6.07) is 4.92. The van der Waals surface area contributed by atoms with Gasteiger partial charge in [0.25, 0.3) is 0 Å². The van der Waals surface area contributed by atoms with Crippen molar-refractivity contribution in [3.05, 3.63) is 52.3 Å². The van der Waals surface area contributed by atoms with E-state index in [0.717, 1.165) is 18.8 Å². The van der Waals surface area contributed by atoms with E-state index in [-0.39, 0.29) is 0 Å². The third-order valence-electron chi connectivity index (χ3n) is 2.98. The number of aliphatic hydroxyl groups excluding tert-OH is 1. The van der Waals surface area contributed by atoms with Crippen molar-refractivity contribution < 1.29 is 9.50 Å². The van der Waals surface area contributed by atoms with Crippen molar-refractivity contribution in [1.82, 2.24) is 9.55 Å². The summed E-state index contributed by atoms with van der Waals surface area (Å²) in [5.41, 5.74) is 0.292. The van der Waals surface area contributed by atoms with Crippen molar-refractivity contribution in [3.8, 4) is 0 Å². The standard InChI is InChI=1S/C14H16BrFN2O/c1-2-7-18-8-6-17-13(18)9-12(19)10-4-3-5-11(15)14(10)16/h3-6,8,12,19H,2,7,9H2,1H3. The number of aromatic nitrogens is 2. The Balaban J connectivity index is 2.18. The second-order valence-electron chi connectivity index (χ2n) is 4.40. The number of aliphatic hydroxyl groups is 1. The van der Waals surface area contributed by atoms with Gasteiger partial charge in [-0.1, -0.05) is 19.1 Å². The fraction of sp³-hybridized carbons (Fsp3) is 0.357. The molecule has 1 N–H and O–H groups in total. The zero-order chi connectivity index (χ0) is 13.8. The fourth-order valence-corrected chi connectivity index (χ4v) is 2.42. The molecule has 0 aliphatic carbocycles. The molecule has 0 radical (unpaired) electrons. The summed E-state index contributed by atoms with van der Waals surface area (Å²) in [5, 5.41) is 10.2. The van der Waals surface area contributed by atoms with E-state index in [1.807, 2.05) is 10.8 Å². The SMILES string of the molecule is CCCn1ccnc1CC(O)c1cccc(Br)c1F. The third-order valence-corrected chi connectivity index (χ3v) is 3.60. The molecule has 0 saturated heterocycles. The van der Waals surface area contributed by atoms with E-state index in [0.29, 0.717) is 16.5 Å². The second-order valence-corrected chi connectivity index (χ2v) is 5.25. The number of hydrogen-bond donors (Lipinski definition) is 1. The Morgan fingerprint density at radius 2 is 2.26 bits per heavy atom. The molecule has 19 heavy (non-hydrogen) atoms. The van der Waals surface area contributed by atoms with Crippen molar-refractivity contribution in [2.24, 2.45) is 0 Å². The van der Waals surface area contributed by atoms with E-state index in [1.54, 1.807) is 24.4 Å². The summed E-state index contributed by atoms with van der Waals surface area (Å²) < 4.78 is 16.2. The lowest BCUT2D eigenvalue weighted by Crippen LogP contribution is -2.10. The molecule has 2 aromatic rings. The van der Waals surface area contributed by atoms with Crippen LogP contribution in [0.3, 0.4) is 0 Å². The topological polar surface area (TPSA) is 38.0 Å². The van der Waals surface area contributed by atoms with E-state index in [2.05, 4.69) is 27.8 Å². The van der Waals surface area contributed by atoms with Crippen LogP contribution in [0, 0.1) is 5.82 Å². The molecule has 5 heteroatoms. The van der Waals surface area contributed by atoms with Gasteiger partial charge in [0, 0.05) is 30.9 Å². The molecular weight excluding hydrogens is 311 g/mol. The Morgan fingerprint density at radius 3 is 3.00 bits per heavy atom.